The minimum atomic E-state index is -0.852. The van der Waals surface area contributed by atoms with Gasteiger partial charge in [-0.25, -0.2) is 0 Å². The highest BCUT2D eigenvalue weighted by Gasteiger charge is 2.44. The van der Waals surface area contributed by atoms with Crippen molar-refractivity contribution in [3.63, 3.8) is 0 Å². The van der Waals surface area contributed by atoms with Crippen LogP contribution < -0.4 is 16.4 Å². The molecule has 1 fully saturated rings. The van der Waals surface area contributed by atoms with Crippen molar-refractivity contribution in [2.24, 2.45) is 11.7 Å². The van der Waals surface area contributed by atoms with E-state index in [1.54, 1.807) is 32.2 Å². The number of nitrogens with two attached hydrogens (primary N) is 1. The fraction of sp³-hybridized carbons (Fsp3) is 0.467. The summed E-state index contributed by atoms with van der Waals surface area (Å²) < 4.78 is 0. The largest absolute Gasteiger partial charge is 0.355 e. The van der Waals surface area contributed by atoms with Crippen LogP contribution in [-0.4, -0.2) is 24.4 Å². The Balaban J connectivity index is 2.21. The molecule has 0 saturated heterocycles. The fourth-order valence-electron chi connectivity index (χ4n) is 2.28. The number of benzene rings is 1. The quantitative estimate of drug-likeness (QED) is 0.777. The summed E-state index contributed by atoms with van der Waals surface area (Å²) >= 11 is 0. The van der Waals surface area contributed by atoms with Crippen molar-refractivity contribution in [2.45, 2.75) is 32.2 Å². The van der Waals surface area contributed by atoms with E-state index < -0.39 is 5.54 Å². The molecule has 1 aliphatic rings. The van der Waals surface area contributed by atoms with Gasteiger partial charge in [0.05, 0.1) is 5.54 Å². The summed E-state index contributed by atoms with van der Waals surface area (Å²) in [6.07, 6.45) is 2.00. The van der Waals surface area contributed by atoms with Crippen molar-refractivity contribution in [1.29, 1.82) is 0 Å². The number of carbonyl (C=O) groups is 2. The second-order valence-corrected chi connectivity index (χ2v) is 5.57. The molecule has 1 saturated carbocycles. The first-order valence-corrected chi connectivity index (χ1v) is 6.80. The van der Waals surface area contributed by atoms with Crippen LogP contribution in [-0.2, 0) is 4.79 Å². The maximum absolute atomic E-state index is 12.3. The van der Waals surface area contributed by atoms with E-state index in [1.807, 2.05) is 6.92 Å². The van der Waals surface area contributed by atoms with Crippen LogP contribution in [0.1, 0.15) is 35.7 Å². The highest BCUT2D eigenvalue weighted by Crippen LogP contribution is 2.38. The van der Waals surface area contributed by atoms with Crippen molar-refractivity contribution >= 4 is 17.5 Å². The first-order valence-electron chi connectivity index (χ1n) is 6.80. The third-order valence-electron chi connectivity index (χ3n) is 3.97. The minimum Gasteiger partial charge on any atom is -0.355 e. The number of hydrogen-bond donors (Lipinski definition) is 3. The lowest BCUT2D eigenvalue weighted by molar-refractivity contribution is -0.121. The Morgan fingerprint density at radius 3 is 2.55 bits per heavy atom. The van der Waals surface area contributed by atoms with E-state index in [1.165, 1.54) is 0 Å². The van der Waals surface area contributed by atoms with Crippen LogP contribution in [0.4, 0.5) is 5.69 Å². The van der Waals surface area contributed by atoms with Crippen molar-refractivity contribution in [3.05, 3.63) is 29.3 Å². The molecular formula is C15H21N3O2. The van der Waals surface area contributed by atoms with Gasteiger partial charge < -0.3 is 16.4 Å². The van der Waals surface area contributed by atoms with Crippen LogP contribution in [0.15, 0.2) is 18.2 Å². The molecule has 108 valence electrons. The van der Waals surface area contributed by atoms with Crippen LogP contribution in [0.2, 0.25) is 0 Å². The second-order valence-electron chi connectivity index (χ2n) is 5.57. The zero-order chi connectivity index (χ0) is 14.9. The van der Waals surface area contributed by atoms with Crippen LogP contribution >= 0.6 is 0 Å². The third-order valence-corrected chi connectivity index (χ3v) is 3.97. The van der Waals surface area contributed by atoms with Gasteiger partial charge in [0.1, 0.15) is 0 Å². The molecule has 5 nitrogen and oxygen atoms in total. The summed E-state index contributed by atoms with van der Waals surface area (Å²) in [5.74, 6) is -0.113. The van der Waals surface area contributed by atoms with Crippen LogP contribution in [0.25, 0.3) is 0 Å². The Kier molecular flexibility index (Phi) is 3.81. The highest BCUT2D eigenvalue weighted by molar-refractivity contribution is 6.01. The Bertz CT molecular complexity index is 548. The van der Waals surface area contributed by atoms with Gasteiger partial charge in [-0.3, -0.25) is 9.59 Å². The molecule has 4 N–H and O–H groups in total. The smallest absolute Gasteiger partial charge is 0.251 e. The summed E-state index contributed by atoms with van der Waals surface area (Å²) in [7, 11) is 1.58. The first kappa shape index (κ1) is 14.5. The van der Waals surface area contributed by atoms with E-state index in [-0.39, 0.29) is 17.7 Å². The molecule has 0 aliphatic heterocycles. The normalized spacial score (nSPS) is 17.2. The molecule has 0 spiro atoms. The van der Waals surface area contributed by atoms with Crippen LogP contribution in [0.5, 0.6) is 0 Å². The fourth-order valence-corrected chi connectivity index (χ4v) is 2.28. The summed E-state index contributed by atoms with van der Waals surface area (Å²) in [5, 5.41) is 5.43. The molecule has 1 aromatic rings. The Morgan fingerprint density at radius 1 is 1.35 bits per heavy atom. The number of rotatable bonds is 4. The lowest BCUT2D eigenvalue weighted by Gasteiger charge is -2.24. The zero-order valence-corrected chi connectivity index (χ0v) is 12.1. The number of carbonyl (C=O) groups excluding carboxylic acids is 2. The van der Waals surface area contributed by atoms with E-state index in [0.29, 0.717) is 11.3 Å². The average Bonchev–Trinajstić information content (AvgIpc) is 3.24. The lowest BCUT2D eigenvalue weighted by atomic mass is 9.95. The molecule has 1 aliphatic carbocycles. The molecule has 20 heavy (non-hydrogen) atoms. The van der Waals surface area contributed by atoms with E-state index in [0.717, 1.165) is 18.4 Å². The molecule has 0 radical (unpaired) electrons. The molecule has 2 amide bonds. The topological polar surface area (TPSA) is 84.2 Å². The molecule has 0 heterocycles. The van der Waals surface area contributed by atoms with Gasteiger partial charge in [-0.2, -0.15) is 0 Å². The van der Waals surface area contributed by atoms with Gasteiger partial charge in [-0.05, 0) is 50.3 Å². The predicted molar refractivity (Wildman–Crippen MR) is 78.5 cm³/mol. The van der Waals surface area contributed by atoms with Crippen LogP contribution in [0, 0.1) is 12.8 Å². The summed E-state index contributed by atoms with van der Waals surface area (Å²) in [4.78, 5) is 24.0. The zero-order valence-electron chi connectivity index (χ0n) is 12.1. The lowest BCUT2D eigenvalue weighted by Crippen LogP contribution is -2.50. The van der Waals surface area contributed by atoms with Crippen molar-refractivity contribution < 1.29 is 9.59 Å². The van der Waals surface area contributed by atoms with Crippen molar-refractivity contribution in [3.8, 4) is 0 Å². The van der Waals surface area contributed by atoms with Gasteiger partial charge in [0, 0.05) is 18.3 Å². The van der Waals surface area contributed by atoms with E-state index >= 15 is 0 Å². The van der Waals surface area contributed by atoms with E-state index in [9.17, 15) is 9.59 Å². The minimum absolute atomic E-state index is 0.170. The van der Waals surface area contributed by atoms with Gasteiger partial charge in [0.15, 0.2) is 0 Å². The highest BCUT2D eigenvalue weighted by atomic mass is 16.2. The average molecular weight is 275 g/mol. The summed E-state index contributed by atoms with van der Waals surface area (Å²) in [6, 6.07) is 5.26. The standard InChI is InChI=1S/C15H21N3O2/c1-9-11(13(19)17-3)5-4-6-12(9)18-14(20)15(2,16)10-7-8-10/h4-6,10H,7-8,16H2,1-3H3,(H,17,19)(H,18,20). The van der Waals surface area contributed by atoms with E-state index in [2.05, 4.69) is 10.6 Å². The Hall–Kier alpha value is -1.88. The predicted octanol–water partition coefficient (Wildman–Crippen LogP) is 1.42. The Morgan fingerprint density at radius 2 is 2.00 bits per heavy atom. The number of anilines is 1. The van der Waals surface area contributed by atoms with Gasteiger partial charge in [0.25, 0.3) is 5.91 Å². The van der Waals surface area contributed by atoms with Crippen LogP contribution in [0.3, 0.4) is 0 Å². The Labute approximate surface area is 118 Å². The van der Waals surface area contributed by atoms with Gasteiger partial charge in [-0.15, -0.1) is 0 Å². The number of hydrogen-bond acceptors (Lipinski definition) is 3. The van der Waals surface area contributed by atoms with Crippen molar-refractivity contribution in [1.82, 2.24) is 5.32 Å². The monoisotopic (exact) mass is 275 g/mol. The molecule has 1 atom stereocenters. The SMILES string of the molecule is CNC(=O)c1cccc(NC(=O)C(C)(N)C2CC2)c1C. The number of nitrogens with one attached hydrogen (secondary N) is 2. The second kappa shape index (κ2) is 5.25. The molecule has 5 heteroatoms. The summed E-state index contributed by atoms with van der Waals surface area (Å²) in [5.41, 5.74) is 7.17. The summed E-state index contributed by atoms with van der Waals surface area (Å²) in [6.45, 7) is 3.57. The molecule has 1 aromatic carbocycles. The third kappa shape index (κ3) is 2.67. The van der Waals surface area contributed by atoms with Gasteiger partial charge >= 0.3 is 0 Å². The molecule has 0 bridgehead atoms. The molecule has 2 rings (SSSR count). The molecular weight excluding hydrogens is 254 g/mol. The first-order chi connectivity index (χ1) is 9.37. The molecule has 1 unspecified atom stereocenters. The maximum atomic E-state index is 12.3. The van der Waals surface area contributed by atoms with Gasteiger partial charge in [0.2, 0.25) is 5.91 Å². The number of amides is 2. The van der Waals surface area contributed by atoms with E-state index in [4.69, 9.17) is 5.73 Å². The molecule has 0 aromatic heterocycles. The van der Waals surface area contributed by atoms with Gasteiger partial charge in [-0.1, -0.05) is 6.07 Å². The van der Waals surface area contributed by atoms with Crippen molar-refractivity contribution in [2.75, 3.05) is 12.4 Å². The maximum Gasteiger partial charge on any atom is 0.251 e.